The molecule has 0 aromatic heterocycles. The number of carbonyl (C=O) groups is 2. The van der Waals surface area contributed by atoms with E-state index in [9.17, 15) is 14.7 Å². The normalized spacial score (nSPS) is 38.5. The van der Waals surface area contributed by atoms with E-state index in [0.717, 1.165) is 4.90 Å². The Morgan fingerprint density at radius 1 is 1.64 bits per heavy atom. The summed E-state index contributed by atoms with van der Waals surface area (Å²) in [6.45, 7) is 0. The summed E-state index contributed by atoms with van der Waals surface area (Å²) in [5, 5.41) is 9.33. The molecule has 4 nitrogen and oxygen atoms in total. The number of amides is 2. The summed E-state index contributed by atoms with van der Waals surface area (Å²) in [7, 11) is 1.32. The van der Waals surface area contributed by atoms with E-state index in [0.29, 0.717) is 0 Å². The first-order valence-electron chi connectivity index (χ1n) is 2.76. The van der Waals surface area contributed by atoms with Crippen LogP contribution in [0.15, 0.2) is 0 Å². The van der Waals surface area contributed by atoms with Crippen LogP contribution in [0.5, 0.6) is 0 Å². The Labute approximate surface area is 79.8 Å². The highest BCUT2D eigenvalue weighted by Gasteiger charge is 2.55. The first-order chi connectivity index (χ1) is 4.89. The third kappa shape index (κ3) is 1.13. The van der Waals surface area contributed by atoms with Crippen molar-refractivity contribution in [3.8, 4) is 0 Å². The van der Waals surface area contributed by atoms with Gasteiger partial charge >= 0.3 is 0 Å². The van der Waals surface area contributed by atoms with Gasteiger partial charge in [-0.15, -0.1) is 0 Å². The van der Waals surface area contributed by atoms with Crippen molar-refractivity contribution in [3.05, 3.63) is 0 Å². The molecule has 2 unspecified atom stereocenters. The van der Waals surface area contributed by atoms with Gasteiger partial charge in [-0.1, -0.05) is 15.9 Å². The minimum absolute atomic E-state index is 0.450. The summed E-state index contributed by atoms with van der Waals surface area (Å²) in [5.41, 5.74) is 0. The Morgan fingerprint density at radius 3 is 2.18 bits per heavy atom. The zero-order chi connectivity index (χ0) is 8.81. The van der Waals surface area contributed by atoms with Crippen LogP contribution >= 0.6 is 31.9 Å². The van der Waals surface area contributed by atoms with E-state index in [1.54, 1.807) is 0 Å². The fraction of sp³-hybridized carbons (Fsp3) is 0.600. The van der Waals surface area contributed by atoms with Crippen LogP contribution in [0.2, 0.25) is 0 Å². The average molecular weight is 287 g/mol. The minimum atomic E-state index is -1.78. The lowest BCUT2D eigenvalue weighted by atomic mass is 10.3. The van der Waals surface area contributed by atoms with E-state index >= 15 is 0 Å². The fourth-order valence-corrected chi connectivity index (χ4v) is 1.74. The molecule has 1 aliphatic heterocycles. The van der Waals surface area contributed by atoms with Gasteiger partial charge in [0.1, 0.15) is 4.83 Å². The Bertz CT molecular complexity index is 228. The first kappa shape index (κ1) is 9.15. The molecule has 1 N–H and O–H groups in total. The third-order valence-electron chi connectivity index (χ3n) is 1.49. The maximum Gasteiger partial charge on any atom is 0.273 e. The van der Waals surface area contributed by atoms with Crippen molar-refractivity contribution < 1.29 is 14.7 Å². The largest absolute Gasteiger partial charge is 0.369 e. The molecule has 1 aliphatic rings. The quantitative estimate of drug-likeness (QED) is 0.497. The van der Waals surface area contributed by atoms with Crippen molar-refractivity contribution in [2.24, 2.45) is 0 Å². The predicted molar refractivity (Wildman–Crippen MR) is 44.4 cm³/mol. The van der Waals surface area contributed by atoms with Gasteiger partial charge in [-0.2, -0.15) is 0 Å². The van der Waals surface area contributed by atoms with Gasteiger partial charge in [-0.25, -0.2) is 0 Å². The van der Waals surface area contributed by atoms with Crippen LogP contribution in [0.4, 0.5) is 0 Å². The number of likely N-dealkylation sites (tertiary alicyclic amines) is 1. The highest BCUT2D eigenvalue weighted by Crippen LogP contribution is 2.34. The number of alkyl halides is 2. The molecule has 0 aliphatic carbocycles. The summed E-state index contributed by atoms with van der Waals surface area (Å²) < 4.78 is -1.78. The zero-order valence-electron chi connectivity index (χ0n) is 5.54. The van der Waals surface area contributed by atoms with Gasteiger partial charge in [0.05, 0.1) is 0 Å². The van der Waals surface area contributed by atoms with Crippen molar-refractivity contribution in [1.29, 1.82) is 0 Å². The molecule has 1 rings (SSSR count). The highest BCUT2D eigenvalue weighted by atomic mass is 79.9. The topological polar surface area (TPSA) is 57.6 Å². The van der Waals surface area contributed by atoms with Crippen LogP contribution in [0.25, 0.3) is 0 Å². The number of rotatable bonds is 0. The molecule has 2 atom stereocenters. The van der Waals surface area contributed by atoms with Gasteiger partial charge in [0.15, 0.2) is 0 Å². The molecule has 0 bridgehead atoms. The third-order valence-corrected chi connectivity index (χ3v) is 3.95. The van der Waals surface area contributed by atoms with E-state index in [-0.39, 0.29) is 0 Å². The van der Waals surface area contributed by atoms with Crippen molar-refractivity contribution in [2.75, 3.05) is 7.05 Å². The Balaban J connectivity index is 3.06. The van der Waals surface area contributed by atoms with E-state index in [2.05, 4.69) is 31.9 Å². The van der Waals surface area contributed by atoms with Crippen LogP contribution < -0.4 is 0 Å². The summed E-state index contributed by atoms with van der Waals surface area (Å²) in [5.74, 6) is -1.10. The molecule has 1 saturated heterocycles. The Kier molecular flexibility index (Phi) is 2.11. The molecular weight excluding hydrogens is 282 g/mol. The number of carbonyl (C=O) groups excluding carboxylic acids is 2. The fourth-order valence-electron chi connectivity index (χ4n) is 0.777. The molecule has 11 heavy (non-hydrogen) atoms. The molecule has 0 aromatic carbocycles. The van der Waals surface area contributed by atoms with E-state index in [1.165, 1.54) is 7.05 Å². The van der Waals surface area contributed by atoms with Crippen molar-refractivity contribution in [2.45, 2.75) is 9.34 Å². The smallest absolute Gasteiger partial charge is 0.273 e. The minimum Gasteiger partial charge on any atom is -0.369 e. The van der Waals surface area contributed by atoms with Crippen LogP contribution in [-0.4, -0.2) is 38.2 Å². The second-order valence-corrected chi connectivity index (χ2v) is 4.36. The van der Waals surface area contributed by atoms with Gasteiger partial charge in [-0.05, 0) is 15.9 Å². The number of nitrogens with zero attached hydrogens (tertiary/aromatic N) is 1. The summed E-state index contributed by atoms with van der Waals surface area (Å²) >= 11 is 5.65. The standard InChI is InChI=1S/C5H5Br2NO3/c1-8-3(9)2(6)5(7,11)4(8)10/h2,11H,1H3. The van der Waals surface area contributed by atoms with Gasteiger partial charge in [-0.3, -0.25) is 14.5 Å². The van der Waals surface area contributed by atoms with Crippen LogP contribution in [0, 0.1) is 0 Å². The summed E-state index contributed by atoms with van der Waals surface area (Å²) in [6, 6.07) is 0. The number of imide groups is 1. The number of hydrogen-bond acceptors (Lipinski definition) is 3. The van der Waals surface area contributed by atoms with Crippen LogP contribution in [-0.2, 0) is 9.59 Å². The highest BCUT2D eigenvalue weighted by molar-refractivity contribution is 9.13. The zero-order valence-corrected chi connectivity index (χ0v) is 8.72. The van der Waals surface area contributed by atoms with Crippen molar-refractivity contribution in [3.63, 3.8) is 0 Å². The van der Waals surface area contributed by atoms with Gasteiger partial charge in [0.2, 0.25) is 10.4 Å². The molecule has 0 aromatic rings. The maximum absolute atomic E-state index is 11.0. The molecular formula is C5H5Br2NO3. The molecule has 1 heterocycles. The van der Waals surface area contributed by atoms with Crippen LogP contribution in [0.3, 0.4) is 0 Å². The van der Waals surface area contributed by atoms with Crippen molar-refractivity contribution in [1.82, 2.24) is 4.90 Å². The number of aliphatic hydroxyl groups is 1. The Morgan fingerprint density at radius 2 is 2.09 bits per heavy atom. The molecule has 1 fully saturated rings. The molecule has 6 heteroatoms. The van der Waals surface area contributed by atoms with E-state index in [1.807, 2.05) is 0 Å². The lowest BCUT2D eigenvalue weighted by Gasteiger charge is -2.12. The van der Waals surface area contributed by atoms with Crippen molar-refractivity contribution >= 4 is 43.7 Å². The Hall–Kier alpha value is 0.0600. The molecule has 62 valence electrons. The predicted octanol–water partition coefficient (Wildman–Crippen LogP) is -0.168. The second-order valence-electron chi connectivity index (χ2n) is 2.24. The number of halogens is 2. The van der Waals surface area contributed by atoms with Crippen LogP contribution in [0.1, 0.15) is 0 Å². The molecule has 0 radical (unpaired) electrons. The van der Waals surface area contributed by atoms with Gasteiger partial charge in [0.25, 0.3) is 5.91 Å². The lowest BCUT2D eigenvalue weighted by Crippen LogP contribution is -2.36. The molecule has 2 amide bonds. The average Bonchev–Trinajstić information content (AvgIpc) is 2.06. The van der Waals surface area contributed by atoms with E-state index < -0.39 is 21.2 Å². The maximum atomic E-state index is 11.0. The molecule has 0 saturated carbocycles. The SMILES string of the molecule is CN1C(=O)C(Br)C(O)(Br)C1=O. The number of likely N-dealkylation sites (N-methyl/N-ethyl adjacent to an activating group) is 1. The summed E-state index contributed by atoms with van der Waals surface area (Å²) in [4.78, 5) is 22.0. The van der Waals surface area contributed by atoms with Gasteiger partial charge < -0.3 is 5.11 Å². The monoisotopic (exact) mass is 285 g/mol. The van der Waals surface area contributed by atoms with E-state index in [4.69, 9.17) is 0 Å². The molecule has 0 spiro atoms. The summed E-state index contributed by atoms with van der Waals surface area (Å²) in [6.07, 6.45) is 0. The lowest BCUT2D eigenvalue weighted by molar-refractivity contribution is -0.139. The number of hydrogen-bond donors (Lipinski definition) is 1. The second kappa shape index (κ2) is 2.53. The first-order valence-corrected chi connectivity index (χ1v) is 4.47. The van der Waals surface area contributed by atoms with Gasteiger partial charge in [0, 0.05) is 7.05 Å².